The summed E-state index contributed by atoms with van der Waals surface area (Å²) >= 11 is 0. The van der Waals surface area contributed by atoms with Crippen LogP contribution in [0.2, 0.25) is 0 Å². The van der Waals surface area contributed by atoms with E-state index in [1.54, 1.807) is 6.92 Å². The van der Waals surface area contributed by atoms with E-state index in [-0.39, 0.29) is 6.54 Å². The van der Waals surface area contributed by atoms with Crippen LogP contribution in [0.25, 0.3) is 0 Å². The van der Waals surface area contributed by atoms with Crippen LogP contribution in [-0.4, -0.2) is 53.5 Å². The molecule has 0 aromatic carbocycles. The number of carboxylic acids is 2. The van der Waals surface area contributed by atoms with E-state index in [0.29, 0.717) is 6.54 Å². The predicted octanol–water partition coefficient (Wildman–Crippen LogP) is -0.550. The molecule has 0 bridgehead atoms. The first kappa shape index (κ1) is 11.9. The van der Waals surface area contributed by atoms with Crippen LogP contribution in [0.3, 0.4) is 0 Å². The first-order valence-electron chi connectivity index (χ1n) is 3.74. The van der Waals surface area contributed by atoms with E-state index in [2.05, 4.69) is 4.74 Å². The summed E-state index contributed by atoms with van der Waals surface area (Å²) in [4.78, 5) is 22.1. The van der Waals surface area contributed by atoms with Gasteiger partial charge in [-0.1, -0.05) is 6.92 Å². The van der Waals surface area contributed by atoms with E-state index in [0.717, 1.165) is 0 Å². The Hall–Kier alpha value is -1.14. The summed E-state index contributed by atoms with van der Waals surface area (Å²) in [6.45, 7) is 1.62. The first-order valence-corrected chi connectivity index (χ1v) is 3.74. The van der Waals surface area contributed by atoms with E-state index in [4.69, 9.17) is 10.2 Å². The fraction of sp³-hybridized carbons (Fsp3) is 0.714. The van der Waals surface area contributed by atoms with Gasteiger partial charge < -0.3 is 14.9 Å². The van der Waals surface area contributed by atoms with Crippen LogP contribution in [0, 0.1) is 0 Å². The van der Waals surface area contributed by atoms with Crippen LogP contribution >= 0.6 is 0 Å². The lowest BCUT2D eigenvalue weighted by molar-refractivity contribution is -0.163. The molecule has 1 unspecified atom stereocenters. The Morgan fingerprint density at radius 3 is 2.23 bits per heavy atom. The van der Waals surface area contributed by atoms with Crippen molar-refractivity contribution in [2.24, 2.45) is 0 Å². The lowest BCUT2D eigenvalue weighted by atomic mass is 10.4. The molecular weight excluding hydrogens is 178 g/mol. The molecule has 0 heterocycles. The number of carbonyl (C=O) groups is 2. The Labute approximate surface area is 75.7 Å². The molecule has 0 rings (SSSR count). The minimum absolute atomic E-state index is 0.303. The van der Waals surface area contributed by atoms with E-state index in [9.17, 15) is 9.59 Å². The van der Waals surface area contributed by atoms with Crippen molar-refractivity contribution in [1.29, 1.82) is 0 Å². The number of methoxy groups -OCH3 is 1. The second-order valence-electron chi connectivity index (χ2n) is 2.38. The summed E-state index contributed by atoms with van der Waals surface area (Å²) in [7, 11) is 1.23. The molecule has 0 saturated carbocycles. The molecule has 0 spiro atoms. The topological polar surface area (TPSA) is 87.1 Å². The molecule has 13 heavy (non-hydrogen) atoms. The maximum absolute atomic E-state index is 10.6. The van der Waals surface area contributed by atoms with Crippen molar-refractivity contribution in [3.05, 3.63) is 0 Å². The molecule has 0 saturated heterocycles. The second kappa shape index (κ2) is 5.50. The summed E-state index contributed by atoms with van der Waals surface area (Å²) in [6, 6.07) is 0. The molecule has 6 nitrogen and oxygen atoms in total. The minimum Gasteiger partial charge on any atom is -0.480 e. The molecule has 0 aliphatic carbocycles. The zero-order valence-electron chi connectivity index (χ0n) is 7.56. The van der Waals surface area contributed by atoms with Gasteiger partial charge >= 0.3 is 11.9 Å². The van der Waals surface area contributed by atoms with Gasteiger partial charge in [0.2, 0.25) is 6.23 Å². The maximum atomic E-state index is 10.6. The lowest BCUT2D eigenvalue weighted by Gasteiger charge is -2.23. The average molecular weight is 191 g/mol. The van der Waals surface area contributed by atoms with Crippen molar-refractivity contribution in [1.82, 2.24) is 4.90 Å². The van der Waals surface area contributed by atoms with Crippen LogP contribution in [0.15, 0.2) is 0 Å². The molecule has 0 aromatic heterocycles. The molecule has 2 N–H and O–H groups in total. The van der Waals surface area contributed by atoms with Gasteiger partial charge in [-0.15, -0.1) is 0 Å². The van der Waals surface area contributed by atoms with Gasteiger partial charge in [-0.05, 0) is 6.54 Å². The summed E-state index contributed by atoms with van der Waals surface area (Å²) < 4.78 is 4.63. The van der Waals surface area contributed by atoms with E-state index in [1.807, 2.05) is 0 Å². The Morgan fingerprint density at radius 1 is 1.46 bits per heavy atom. The van der Waals surface area contributed by atoms with Crippen LogP contribution < -0.4 is 0 Å². The third kappa shape index (κ3) is 3.86. The number of likely N-dealkylation sites (N-methyl/N-ethyl adjacent to an activating group) is 1. The monoisotopic (exact) mass is 191 g/mol. The maximum Gasteiger partial charge on any atom is 0.348 e. The van der Waals surface area contributed by atoms with Crippen molar-refractivity contribution < 1.29 is 24.5 Å². The van der Waals surface area contributed by atoms with Crippen LogP contribution in [0.1, 0.15) is 6.92 Å². The fourth-order valence-corrected chi connectivity index (χ4v) is 0.940. The average Bonchev–Trinajstić information content (AvgIpc) is 2.02. The minimum atomic E-state index is -1.19. The SMILES string of the molecule is CCN(CC(=O)O)C(OC)C(=O)O. The summed E-state index contributed by atoms with van der Waals surface area (Å²) in [5.74, 6) is -2.27. The Morgan fingerprint density at radius 2 is 2.00 bits per heavy atom. The molecule has 0 fully saturated rings. The van der Waals surface area contributed by atoms with Gasteiger partial charge in [0.15, 0.2) is 0 Å². The largest absolute Gasteiger partial charge is 0.480 e. The van der Waals surface area contributed by atoms with Crippen molar-refractivity contribution >= 4 is 11.9 Å². The van der Waals surface area contributed by atoms with E-state index >= 15 is 0 Å². The van der Waals surface area contributed by atoms with Gasteiger partial charge in [-0.3, -0.25) is 9.69 Å². The van der Waals surface area contributed by atoms with Crippen LogP contribution in [0.5, 0.6) is 0 Å². The van der Waals surface area contributed by atoms with Gasteiger partial charge in [-0.2, -0.15) is 0 Å². The van der Waals surface area contributed by atoms with Gasteiger partial charge in [0.25, 0.3) is 0 Å². The lowest BCUT2D eigenvalue weighted by Crippen LogP contribution is -2.44. The van der Waals surface area contributed by atoms with Gasteiger partial charge in [0, 0.05) is 7.11 Å². The van der Waals surface area contributed by atoms with Crippen LogP contribution in [-0.2, 0) is 14.3 Å². The Balaban J connectivity index is 4.33. The highest BCUT2D eigenvalue weighted by molar-refractivity contribution is 5.74. The molecule has 0 aromatic rings. The first-order chi connectivity index (χ1) is 6.02. The van der Waals surface area contributed by atoms with Gasteiger partial charge in [0.1, 0.15) is 0 Å². The number of carboxylic acid groups (broad SMARTS) is 2. The molecule has 0 aliphatic rings. The molecule has 6 heteroatoms. The molecule has 0 radical (unpaired) electrons. The zero-order chi connectivity index (χ0) is 10.4. The number of aliphatic carboxylic acids is 2. The third-order valence-corrected chi connectivity index (χ3v) is 1.51. The van der Waals surface area contributed by atoms with Gasteiger partial charge in [-0.25, -0.2) is 4.79 Å². The van der Waals surface area contributed by atoms with Crippen molar-refractivity contribution in [2.75, 3.05) is 20.2 Å². The number of nitrogens with zero attached hydrogens (tertiary/aromatic N) is 1. The molecule has 76 valence electrons. The summed E-state index contributed by atoms with van der Waals surface area (Å²) in [5, 5.41) is 17.1. The Bertz CT molecular complexity index is 193. The molecule has 0 aliphatic heterocycles. The summed E-state index contributed by atoms with van der Waals surface area (Å²) in [6.07, 6.45) is -1.19. The van der Waals surface area contributed by atoms with Crippen molar-refractivity contribution in [3.63, 3.8) is 0 Å². The quantitative estimate of drug-likeness (QED) is 0.548. The van der Waals surface area contributed by atoms with Gasteiger partial charge in [0.05, 0.1) is 6.54 Å². The fourth-order valence-electron chi connectivity index (χ4n) is 0.940. The number of ether oxygens (including phenoxy) is 1. The van der Waals surface area contributed by atoms with Crippen molar-refractivity contribution in [3.8, 4) is 0 Å². The number of rotatable bonds is 6. The highest BCUT2D eigenvalue weighted by atomic mass is 16.5. The molecular formula is C7H13NO5. The molecule has 1 atom stereocenters. The summed E-state index contributed by atoms with van der Waals surface area (Å²) in [5.41, 5.74) is 0. The second-order valence-corrected chi connectivity index (χ2v) is 2.38. The highest BCUT2D eigenvalue weighted by Gasteiger charge is 2.25. The Kier molecular flexibility index (Phi) is 5.01. The molecule has 0 amide bonds. The normalized spacial score (nSPS) is 12.8. The predicted molar refractivity (Wildman–Crippen MR) is 43.3 cm³/mol. The van der Waals surface area contributed by atoms with E-state index < -0.39 is 18.2 Å². The highest BCUT2D eigenvalue weighted by Crippen LogP contribution is 2.00. The smallest absolute Gasteiger partial charge is 0.348 e. The van der Waals surface area contributed by atoms with Crippen LogP contribution in [0.4, 0.5) is 0 Å². The number of hydrogen-bond donors (Lipinski definition) is 2. The number of hydrogen-bond acceptors (Lipinski definition) is 4. The van der Waals surface area contributed by atoms with E-state index in [1.165, 1.54) is 12.0 Å². The van der Waals surface area contributed by atoms with Crippen molar-refractivity contribution in [2.45, 2.75) is 13.2 Å². The standard InChI is InChI=1S/C7H13NO5/c1-3-8(4-5(9)10)6(13-2)7(11)12/h6H,3-4H2,1-2H3,(H,9,10)(H,11,12). The zero-order valence-corrected chi connectivity index (χ0v) is 7.56. The third-order valence-electron chi connectivity index (χ3n) is 1.51.